The molecule has 1 N–H and O–H groups in total. The third-order valence-corrected chi connectivity index (χ3v) is 3.54. The molecule has 4 heteroatoms. The number of ether oxygens (including phenoxy) is 1. The van der Waals surface area contributed by atoms with E-state index < -0.39 is 0 Å². The number of hydrogen-bond donors (Lipinski definition) is 1. The number of fused-ring (bicyclic) bond motifs is 1. The second kappa shape index (κ2) is 6.05. The molecule has 0 aliphatic heterocycles. The van der Waals surface area contributed by atoms with E-state index in [2.05, 4.69) is 27.0 Å². The number of aromatic nitrogens is 1. The summed E-state index contributed by atoms with van der Waals surface area (Å²) in [7, 11) is 0. The number of halogens is 1. The maximum absolute atomic E-state index is 11.3. The Labute approximate surface area is 115 Å². The number of aryl methyl sites for hydroxylation is 1. The Morgan fingerprint density at radius 3 is 3.06 bits per heavy atom. The number of para-hydroxylation sites is 1. The van der Waals surface area contributed by atoms with E-state index in [1.165, 1.54) is 10.9 Å². The highest BCUT2D eigenvalue weighted by atomic mass is 79.9. The van der Waals surface area contributed by atoms with Crippen molar-refractivity contribution in [2.75, 3.05) is 6.61 Å². The summed E-state index contributed by atoms with van der Waals surface area (Å²) in [5.74, 6) is -0.112. The largest absolute Gasteiger partial charge is 0.466 e. The van der Waals surface area contributed by atoms with E-state index in [9.17, 15) is 4.79 Å². The summed E-state index contributed by atoms with van der Waals surface area (Å²) in [6.45, 7) is 2.29. The summed E-state index contributed by atoms with van der Waals surface area (Å²) < 4.78 is 5.98. The van der Waals surface area contributed by atoms with Crippen LogP contribution < -0.4 is 0 Å². The summed E-state index contributed by atoms with van der Waals surface area (Å²) in [4.78, 5) is 14.5. The van der Waals surface area contributed by atoms with Gasteiger partial charge in [0.05, 0.1) is 12.1 Å². The predicted molar refractivity (Wildman–Crippen MR) is 75.6 cm³/mol. The molecule has 0 saturated carbocycles. The third kappa shape index (κ3) is 2.93. The lowest BCUT2D eigenvalue weighted by molar-refractivity contribution is -0.143. The van der Waals surface area contributed by atoms with E-state index >= 15 is 0 Å². The number of benzene rings is 1. The number of H-pyrrole nitrogens is 1. The van der Waals surface area contributed by atoms with Crippen molar-refractivity contribution in [1.82, 2.24) is 4.98 Å². The number of nitrogens with one attached hydrogen (secondary N) is 1. The minimum atomic E-state index is -0.112. The molecule has 1 aromatic carbocycles. The highest BCUT2D eigenvalue weighted by Gasteiger charge is 2.07. The van der Waals surface area contributed by atoms with Crippen LogP contribution in [-0.2, 0) is 16.0 Å². The molecular formula is C14H16BrNO2. The lowest BCUT2D eigenvalue weighted by Crippen LogP contribution is -2.03. The molecule has 2 rings (SSSR count). The van der Waals surface area contributed by atoms with Crippen LogP contribution in [0, 0.1) is 0 Å². The fraction of sp³-hybridized carbons (Fsp3) is 0.357. The number of aromatic amines is 1. The van der Waals surface area contributed by atoms with E-state index in [1.54, 1.807) is 0 Å². The van der Waals surface area contributed by atoms with Crippen molar-refractivity contribution in [3.63, 3.8) is 0 Å². The van der Waals surface area contributed by atoms with Crippen LogP contribution in [-0.4, -0.2) is 17.6 Å². The Balaban J connectivity index is 2.00. The van der Waals surface area contributed by atoms with Gasteiger partial charge in [-0.05, 0) is 47.3 Å². The smallest absolute Gasteiger partial charge is 0.305 e. The molecule has 96 valence electrons. The summed E-state index contributed by atoms with van der Waals surface area (Å²) in [5, 5.41) is 1.22. The molecule has 1 aromatic heterocycles. The van der Waals surface area contributed by atoms with Crippen LogP contribution in [0.2, 0.25) is 0 Å². The van der Waals surface area contributed by atoms with Gasteiger partial charge >= 0.3 is 5.97 Å². The molecule has 0 spiro atoms. The van der Waals surface area contributed by atoms with Crippen molar-refractivity contribution < 1.29 is 9.53 Å². The number of esters is 1. The molecule has 0 radical (unpaired) electrons. The van der Waals surface area contributed by atoms with E-state index in [0.717, 1.165) is 22.8 Å². The molecule has 0 bridgehead atoms. The normalized spacial score (nSPS) is 10.8. The lowest BCUT2D eigenvalue weighted by atomic mass is 10.1. The quantitative estimate of drug-likeness (QED) is 0.853. The Hall–Kier alpha value is -1.29. The fourth-order valence-electron chi connectivity index (χ4n) is 2.04. The number of rotatable bonds is 5. The average Bonchev–Trinajstić information content (AvgIpc) is 2.75. The minimum Gasteiger partial charge on any atom is -0.466 e. The van der Waals surface area contributed by atoms with Gasteiger partial charge in [0, 0.05) is 22.5 Å². The summed E-state index contributed by atoms with van der Waals surface area (Å²) in [6.07, 6.45) is 4.20. The van der Waals surface area contributed by atoms with Crippen LogP contribution in [0.15, 0.2) is 28.9 Å². The van der Waals surface area contributed by atoms with Crippen molar-refractivity contribution >= 4 is 32.8 Å². The van der Waals surface area contributed by atoms with Crippen LogP contribution in [0.25, 0.3) is 10.9 Å². The number of carbonyl (C=O) groups excluding carboxylic acids is 1. The molecular weight excluding hydrogens is 294 g/mol. The summed E-state index contributed by atoms with van der Waals surface area (Å²) >= 11 is 3.52. The summed E-state index contributed by atoms with van der Waals surface area (Å²) in [6, 6.07) is 6.13. The molecule has 2 aromatic rings. The van der Waals surface area contributed by atoms with Crippen LogP contribution in [0.1, 0.15) is 25.3 Å². The molecule has 0 aliphatic carbocycles. The zero-order valence-electron chi connectivity index (χ0n) is 10.3. The maximum Gasteiger partial charge on any atom is 0.305 e. The van der Waals surface area contributed by atoms with Crippen molar-refractivity contribution in [3.8, 4) is 0 Å². The summed E-state index contributed by atoms with van der Waals surface area (Å²) in [5.41, 5.74) is 2.36. The van der Waals surface area contributed by atoms with Gasteiger partial charge in [0.25, 0.3) is 0 Å². The monoisotopic (exact) mass is 309 g/mol. The lowest BCUT2D eigenvalue weighted by Gasteiger charge is -2.01. The molecule has 0 atom stereocenters. The maximum atomic E-state index is 11.3. The van der Waals surface area contributed by atoms with Gasteiger partial charge < -0.3 is 9.72 Å². The van der Waals surface area contributed by atoms with Crippen LogP contribution in [0.3, 0.4) is 0 Å². The first kappa shape index (κ1) is 13.1. The Kier molecular flexibility index (Phi) is 4.42. The van der Waals surface area contributed by atoms with Gasteiger partial charge in [0.2, 0.25) is 0 Å². The highest BCUT2D eigenvalue weighted by Crippen LogP contribution is 2.26. The van der Waals surface area contributed by atoms with Gasteiger partial charge in [-0.25, -0.2) is 0 Å². The van der Waals surface area contributed by atoms with Gasteiger partial charge in [-0.1, -0.05) is 12.1 Å². The predicted octanol–water partition coefficient (Wildman–Crippen LogP) is 3.82. The van der Waals surface area contributed by atoms with Gasteiger partial charge in [0.15, 0.2) is 0 Å². The molecule has 0 saturated heterocycles. The van der Waals surface area contributed by atoms with E-state index in [1.807, 2.05) is 25.3 Å². The van der Waals surface area contributed by atoms with Crippen LogP contribution in [0.5, 0.6) is 0 Å². The van der Waals surface area contributed by atoms with Crippen molar-refractivity contribution in [3.05, 3.63) is 34.4 Å². The zero-order chi connectivity index (χ0) is 13.0. The molecule has 0 amide bonds. The molecule has 18 heavy (non-hydrogen) atoms. The highest BCUT2D eigenvalue weighted by molar-refractivity contribution is 9.10. The zero-order valence-corrected chi connectivity index (χ0v) is 11.9. The fourth-order valence-corrected chi connectivity index (χ4v) is 2.52. The Morgan fingerprint density at radius 1 is 1.44 bits per heavy atom. The first-order valence-corrected chi connectivity index (χ1v) is 6.91. The molecule has 0 unspecified atom stereocenters. The Morgan fingerprint density at radius 2 is 2.28 bits per heavy atom. The standard InChI is InChI=1S/C14H16BrNO2/c1-2-18-13(17)8-3-5-10-9-16-14-11(10)6-4-7-12(14)15/h4,6-7,9,16H,2-3,5,8H2,1H3. The second-order valence-electron chi connectivity index (χ2n) is 4.13. The van der Waals surface area contributed by atoms with Crippen LogP contribution in [0.4, 0.5) is 0 Å². The minimum absolute atomic E-state index is 0.112. The number of carbonyl (C=O) groups is 1. The number of hydrogen-bond acceptors (Lipinski definition) is 2. The molecule has 1 heterocycles. The van der Waals surface area contributed by atoms with Gasteiger partial charge in [0.1, 0.15) is 0 Å². The third-order valence-electron chi connectivity index (χ3n) is 2.88. The van der Waals surface area contributed by atoms with Crippen LogP contribution >= 0.6 is 15.9 Å². The molecule has 3 nitrogen and oxygen atoms in total. The van der Waals surface area contributed by atoms with Crippen molar-refractivity contribution in [2.24, 2.45) is 0 Å². The molecule has 0 fully saturated rings. The first-order chi connectivity index (χ1) is 8.72. The van der Waals surface area contributed by atoms with Gasteiger partial charge in [-0.2, -0.15) is 0 Å². The van der Waals surface area contributed by atoms with Crippen molar-refractivity contribution in [2.45, 2.75) is 26.2 Å². The Bertz CT molecular complexity index is 548. The second-order valence-corrected chi connectivity index (χ2v) is 4.99. The van der Waals surface area contributed by atoms with E-state index in [4.69, 9.17) is 4.74 Å². The van der Waals surface area contributed by atoms with Gasteiger partial charge in [-0.3, -0.25) is 4.79 Å². The average molecular weight is 310 g/mol. The van der Waals surface area contributed by atoms with Gasteiger partial charge in [-0.15, -0.1) is 0 Å². The topological polar surface area (TPSA) is 42.1 Å². The van der Waals surface area contributed by atoms with Crippen molar-refractivity contribution in [1.29, 1.82) is 0 Å². The van der Waals surface area contributed by atoms with E-state index in [0.29, 0.717) is 13.0 Å². The SMILES string of the molecule is CCOC(=O)CCCc1c[nH]c2c(Br)cccc12. The van der Waals surface area contributed by atoms with E-state index in [-0.39, 0.29) is 5.97 Å². The molecule has 0 aliphatic rings. The first-order valence-electron chi connectivity index (χ1n) is 6.12.